The molecule has 23 nitrogen and oxygen atoms in total. The molecule has 0 saturated carbocycles. The van der Waals surface area contributed by atoms with Gasteiger partial charge in [-0.3, -0.25) is 9.59 Å². The molecule has 3 rings (SSSR count). The van der Waals surface area contributed by atoms with Crippen LogP contribution in [0.25, 0.3) is 0 Å². The number of aliphatic carboxylic acids is 1. The Balaban J connectivity index is 1.47. The van der Waals surface area contributed by atoms with Gasteiger partial charge in [-0.1, -0.05) is 322 Å². The van der Waals surface area contributed by atoms with Gasteiger partial charge in [-0.25, -0.2) is 4.79 Å². The number of aliphatic hydroxyl groups is 11. The molecule has 103 heavy (non-hydrogen) atoms. The predicted molar refractivity (Wildman–Crippen MR) is 399 cm³/mol. The minimum atomic E-state index is -3.08. The van der Waals surface area contributed by atoms with E-state index in [1.807, 2.05) is 0 Å². The van der Waals surface area contributed by atoms with Gasteiger partial charge in [0.25, 0.3) is 5.79 Å². The molecular weight excluding hydrogens is 1320 g/mol. The number of hydrogen-bond acceptors (Lipinski definition) is 20. The summed E-state index contributed by atoms with van der Waals surface area (Å²) < 4.78 is 35.0. The number of carbonyl (C=O) groups excluding carboxylic acids is 2. The molecule has 0 spiro atoms. The van der Waals surface area contributed by atoms with Gasteiger partial charge in [0.15, 0.2) is 12.6 Å². The molecule has 0 aromatic carbocycles. The lowest BCUT2D eigenvalue weighted by Crippen LogP contribution is -2.70. The maximum atomic E-state index is 13.6. The van der Waals surface area contributed by atoms with Gasteiger partial charge >= 0.3 is 5.97 Å². The van der Waals surface area contributed by atoms with Gasteiger partial charge in [0, 0.05) is 19.8 Å². The average Bonchev–Trinajstić information content (AvgIpc) is 0.754. The summed E-state index contributed by atoms with van der Waals surface area (Å²) in [4.78, 5) is 38.7. The summed E-state index contributed by atoms with van der Waals surface area (Å²) in [6, 6.07) is -2.53. The first-order valence-corrected chi connectivity index (χ1v) is 41.9. The molecular formula is C80H152N2O21. The summed E-state index contributed by atoms with van der Waals surface area (Å²) >= 11 is 0. The van der Waals surface area contributed by atoms with Crippen molar-refractivity contribution in [3.8, 4) is 0 Å². The van der Waals surface area contributed by atoms with Crippen molar-refractivity contribution < 1.29 is 104 Å². The maximum absolute atomic E-state index is 13.6. The molecule has 18 unspecified atom stereocenters. The second-order valence-corrected chi connectivity index (χ2v) is 30.7. The molecule has 3 fully saturated rings. The molecule has 0 aromatic rings. The minimum Gasteiger partial charge on any atom is -0.477 e. The number of ether oxygens (including phenoxy) is 6. The maximum Gasteiger partial charge on any atom is 0.364 e. The quantitative estimate of drug-likeness (QED) is 0.0252. The van der Waals surface area contributed by atoms with Crippen molar-refractivity contribution in [3.05, 3.63) is 0 Å². The molecule has 2 amide bonds. The Morgan fingerprint density at radius 1 is 0.466 bits per heavy atom. The van der Waals surface area contributed by atoms with Crippen LogP contribution in [-0.2, 0) is 42.8 Å². The zero-order valence-electron chi connectivity index (χ0n) is 64.5. The summed E-state index contributed by atoms with van der Waals surface area (Å²) in [7, 11) is 0. The van der Waals surface area contributed by atoms with Crippen molar-refractivity contribution in [1.82, 2.24) is 10.6 Å². The van der Waals surface area contributed by atoms with E-state index in [1.165, 1.54) is 257 Å². The Labute approximate surface area is 620 Å². The van der Waals surface area contributed by atoms with Crippen LogP contribution in [0.4, 0.5) is 0 Å². The third kappa shape index (κ3) is 39.8. The van der Waals surface area contributed by atoms with Crippen LogP contribution in [0, 0.1) is 0 Å². The molecule has 3 heterocycles. The van der Waals surface area contributed by atoms with Crippen molar-refractivity contribution in [2.75, 3.05) is 26.4 Å². The molecule has 3 aliphatic rings. The lowest BCUT2D eigenvalue weighted by molar-refractivity contribution is -0.386. The fraction of sp³-hybridized carbons (Fsp3) is 0.963. The van der Waals surface area contributed by atoms with Crippen LogP contribution in [0.1, 0.15) is 355 Å². The molecule has 0 aromatic heterocycles. The van der Waals surface area contributed by atoms with Crippen molar-refractivity contribution >= 4 is 17.8 Å². The molecule has 23 heteroatoms. The fourth-order valence-corrected chi connectivity index (χ4v) is 15.0. The van der Waals surface area contributed by atoms with E-state index >= 15 is 0 Å². The number of carboxylic acid groups (broad SMARTS) is 1. The van der Waals surface area contributed by atoms with Gasteiger partial charge in [0.2, 0.25) is 11.8 Å². The second kappa shape index (κ2) is 59.6. The number of rotatable bonds is 67. The number of amides is 2. The molecule has 3 saturated heterocycles. The lowest BCUT2D eigenvalue weighted by Gasteiger charge is -2.50. The number of unbranched alkanes of at least 4 members (excludes halogenated alkanes) is 47. The number of carbonyl (C=O) groups is 3. The van der Waals surface area contributed by atoms with Gasteiger partial charge in [0.05, 0.1) is 50.7 Å². The lowest BCUT2D eigenvalue weighted by atomic mass is 9.88. The third-order valence-electron chi connectivity index (χ3n) is 21.6. The number of carboxylic acids is 1. The van der Waals surface area contributed by atoms with E-state index in [1.54, 1.807) is 0 Å². The summed E-state index contributed by atoms with van der Waals surface area (Å²) in [6.07, 6.45) is 33.9. The molecule has 0 radical (unpaired) electrons. The smallest absolute Gasteiger partial charge is 0.364 e. The first-order valence-electron chi connectivity index (χ1n) is 41.9. The molecule has 3 aliphatic heterocycles. The van der Waals surface area contributed by atoms with Crippen molar-refractivity contribution in [2.24, 2.45) is 0 Å². The Hall–Kier alpha value is -2.27. The number of nitrogens with one attached hydrogen (secondary N) is 2. The highest BCUT2D eigenvalue weighted by atomic mass is 16.8. The highest BCUT2D eigenvalue weighted by Gasteiger charge is 2.60. The SMILES string of the molecule is CCCCCCCCCCCCCCCCCCCCCCCCCCCCCCCCC(=O)NC(COC1OC(CO)C(OC2OC(CO)C(O)C(OC3(C(=O)O)CC(O)C(NC(C)=O)C(C(O)C(O)CO)O3)C2O)C(O)C1O)C(O)CCCCCCCCCCCCCCCCCCCCC. The van der Waals surface area contributed by atoms with Crippen LogP contribution in [0.3, 0.4) is 0 Å². The van der Waals surface area contributed by atoms with E-state index < -0.39 is 148 Å². The normalized spacial score (nSPS) is 26.4. The van der Waals surface area contributed by atoms with E-state index in [-0.39, 0.29) is 18.9 Å². The van der Waals surface area contributed by atoms with E-state index in [0.717, 1.165) is 51.9 Å². The molecule has 0 aliphatic carbocycles. The Morgan fingerprint density at radius 2 is 0.845 bits per heavy atom. The molecule has 14 N–H and O–H groups in total. The van der Waals surface area contributed by atoms with Gasteiger partial charge in [0.1, 0.15) is 67.1 Å². The molecule has 0 bridgehead atoms. The van der Waals surface area contributed by atoms with Gasteiger partial charge in [-0.05, 0) is 12.8 Å². The summed E-state index contributed by atoms with van der Waals surface area (Å²) in [6.45, 7) is 2.27. The number of hydrogen-bond donors (Lipinski definition) is 14. The summed E-state index contributed by atoms with van der Waals surface area (Å²) in [5.41, 5.74) is 0. The highest BCUT2D eigenvalue weighted by molar-refractivity contribution is 5.77. The third-order valence-corrected chi connectivity index (χ3v) is 21.6. The summed E-state index contributed by atoms with van der Waals surface area (Å²) in [5, 5.41) is 137. The standard InChI is InChI=1S/C80H152N2O21/c1-4-6-8-10-12-14-16-18-20-22-24-25-26-27-28-29-30-31-32-33-34-36-38-40-42-44-46-48-50-52-54-67(90)82-61(62(87)53-51-49-47-45-43-41-39-37-35-23-21-19-17-15-13-11-9-7-5-2)59-98-77-72(94)71(93)74(66(58-85)100-77)101-78-73(95)76(70(92)65(57-84)99-78)103-80(79(96)97)55-63(88)68(81-60(3)86)75(102-80)69(91)64(89)56-83/h61-66,68-78,83-85,87-89,91-95H,4-59H2,1-3H3,(H,81,86)(H,82,90)(H,96,97). The van der Waals surface area contributed by atoms with Crippen LogP contribution >= 0.6 is 0 Å². The number of aliphatic hydroxyl groups excluding tert-OH is 11. The van der Waals surface area contributed by atoms with E-state index in [2.05, 4.69) is 24.5 Å². The van der Waals surface area contributed by atoms with Crippen LogP contribution in [0.15, 0.2) is 0 Å². The van der Waals surface area contributed by atoms with E-state index in [0.29, 0.717) is 19.3 Å². The summed E-state index contributed by atoms with van der Waals surface area (Å²) in [5.74, 6) is -6.09. The zero-order valence-corrected chi connectivity index (χ0v) is 64.5. The van der Waals surface area contributed by atoms with Gasteiger partial charge in [-0.2, -0.15) is 0 Å². The average molecular weight is 1480 g/mol. The van der Waals surface area contributed by atoms with Crippen LogP contribution in [0.5, 0.6) is 0 Å². The Morgan fingerprint density at radius 3 is 1.21 bits per heavy atom. The largest absolute Gasteiger partial charge is 0.477 e. The van der Waals surface area contributed by atoms with E-state index in [9.17, 15) is 75.7 Å². The monoisotopic (exact) mass is 1480 g/mol. The van der Waals surface area contributed by atoms with Crippen LogP contribution < -0.4 is 10.6 Å². The predicted octanol–water partition coefficient (Wildman–Crippen LogP) is 11.6. The van der Waals surface area contributed by atoms with Crippen LogP contribution in [0.2, 0.25) is 0 Å². The van der Waals surface area contributed by atoms with Crippen LogP contribution in [-0.4, -0.2) is 215 Å². The fourth-order valence-electron chi connectivity index (χ4n) is 15.0. The molecule has 18 atom stereocenters. The van der Waals surface area contributed by atoms with Gasteiger partial charge < -0.3 is 100 Å². The van der Waals surface area contributed by atoms with Crippen molar-refractivity contribution in [2.45, 2.75) is 464 Å². The Kier molecular flexibility index (Phi) is 54.9. The Bertz CT molecular complexity index is 2050. The van der Waals surface area contributed by atoms with Crippen molar-refractivity contribution in [3.63, 3.8) is 0 Å². The van der Waals surface area contributed by atoms with E-state index in [4.69, 9.17) is 28.4 Å². The second-order valence-electron chi connectivity index (χ2n) is 30.7. The first-order chi connectivity index (χ1) is 49.9. The highest BCUT2D eigenvalue weighted by Crippen LogP contribution is 2.39. The van der Waals surface area contributed by atoms with Gasteiger partial charge in [-0.15, -0.1) is 0 Å². The molecule has 608 valence electrons. The minimum absolute atomic E-state index is 0.230. The topological polar surface area (TPSA) is 373 Å². The zero-order chi connectivity index (χ0) is 75.3. The van der Waals surface area contributed by atoms with Crippen molar-refractivity contribution in [1.29, 1.82) is 0 Å². The first kappa shape index (κ1) is 94.9.